The van der Waals surface area contributed by atoms with Gasteiger partial charge in [0.15, 0.2) is 0 Å². The van der Waals surface area contributed by atoms with Crippen molar-refractivity contribution in [3.63, 3.8) is 0 Å². The summed E-state index contributed by atoms with van der Waals surface area (Å²) in [6.45, 7) is 0.595. The lowest BCUT2D eigenvalue weighted by molar-refractivity contribution is 0.232. The first-order valence-corrected chi connectivity index (χ1v) is 6.60. The molecule has 20 heavy (non-hydrogen) atoms. The van der Waals surface area contributed by atoms with E-state index < -0.39 is 0 Å². The zero-order valence-electron chi connectivity index (χ0n) is 10.8. The number of hydrogen-bond donors (Lipinski definition) is 3. The maximum atomic E-state index is 9.42. The smallest absolute Gasteiger partial charge is 0.223 e. The summed E-state index contributed by atoms with van der Waals surface area (Å²) in [6, 6.07) is 7.31. The third-order valence-corrected chi connectivity index (χ3v) is 2.96. The fourth-order valence-corrected chi connectivity index (χ4v) is 1.98. The van der Waals surface area contributed by atoms with Crippen LogP contribution in [-0.2, 0) is 6.42 Å². The van der Waals surface area contributed by atoms with Crippen LogP contribution in [0.4, 0.5) is 11.8 Å². The quantitative estimate of drug-likeness (QED) is 0.696. The molecular weight excluding hydrogens is 278 g/mol. The SMILES string of the molecule is Nc1nc(Cl)cc(NCC(CO)Cc2ccccn2)n1. The van der Waals surface area contributed by atoms with E-state index in [4.69, 9.17) is 17.3 Å². The number of nitrogen functional groups attached to an aromatic ring is 1. The number of nitrogens with zero attached hydrogens (tertiary/aromatic N) is 3. The molecule has 6 nitrogen and oxygen atoms in total. The van der Waals surface area contributed by atoms with Crippen LogP contribution in [0.15, 0.2) is 30.5 Å². The van der Waals surface area contributed by atoms with Crippen molar-refractivity contribution >= 4 is 23.4 Å². The molecule has 0 aliphatic carbocycles. The van der Waals surface area contributed by atoms with Crippen molar-refractivity contribution in [2.75, 3.05) is 24.2 Å². The Hall–Kier alpha value is -1.92. The first kappa shape index (κ1) is 14.5. The number of nitrogens with one attached hydrogen (secondary N) is 1. The molecule has 2 rings (SSSR count). The maximum Gasteiger partial charge on any atom is 0.223 e. The summed E-state index contributed by atoms with van der Waals surface area (Å²) in [5.41, 5.74) is 6.45. The summed E-state index contributed by atoms with van der Waals surface area (Å²) < 4.78 is 0. The molecule has 0 spiro atoms. The maximum absolute atomic E-state index is 9.42. The zero-order chi connectivity index (χ0) is 14.4. The topological polar surface area (TPSA) is 97.0 Å². The Kier molecular flexibility index (Phi) is 5.09. The number of aliphatic hydroxyl groups is 1. The van der Waals surface area contributed by atoms with Crippen LogP contribution in [0.5, 0.6) is 0 Å². The van der Waals surface area contributed by atoms with E-state index in [1.54, 1.807) is 12.3 Å². The van der Waals surface area contributed by atoms with Crippen LogP contribution in [0.3, 0.4) is 0 Å². The van der Waals surface area contributed by atoms with Gasteiger partial charge in [-0.15, -0.1) is 0 Å². The van der Waals surface area contributed by atoms with Crippen molar-refractivity contribution in [1.82, 2.24) is 15.0 Å². The van der Waals surface area contributed by atoms with Crippen LogP contribution in [0.2, 0.25) is 5.15 Å². The number of pyridine rings is 1. The number of anilines is 2. The van der Waals surface area contributed by atoms with Gasteiger partial charge in [-0.1, -0.05) is 17.7 Å². The van der Waals surface area contributed by atoms with Crippen LogP contribution in [0, 0.1) is 5.92 Å². The Bertz CT molecular complexity index is 531. The highest BCUT2D eigenvalue weighted by Crippen LogP contribution is 2.13. The summed E-state index contributed by atoms with van der Waals surface area (Å²) in [6.07, 6.45) is 2.42. The minimum absolute atomic E-state index is 0.0277. The van der Waals surface area contributed by atoms with Gasteiger partial charge in [-0.2, -0.15) is 4.98 Å². The summed E-state index contributed by atoms with van der Waals surface area (Å²) >= 11 is 5.80. The lowest BCUT2D eigenvalue weighted by Gasteiger charge is -2.15. The Morgan fingerprint density at radius 2 is 2.20 bits per heavy atom. The molecule has 0 amide bonds. The highest BCUT2D eigenvalue weighted by molar-refractivity contribution is 6.29. The molecule has 0 fully saturated rings. The van der Waals surface area contributed by atoms with Gasteiger partial charge in [0.2, 0.25) is 5.95 Å². The van der Waals surface area contributed by atoms with Gasteiger partial charge in [0.05, 0.1) is 0 Å². The first-order valence-electron chi connectivity index (χ1n) is 6.22. The van der Waals surface area contributed by atoms with Gasteiger partial charge in [-0.3, -0.25) is 4.98 Å². The van der Waals surface area contributed by atoms with E-state index in [-0.39, 0.29) is 23.6 Å². The second-order valence-corrected chi connectivity index (χ2v) is 4.78. The average molecular weight is 294 g/mol. The van der Waals surface area contributed by atoms with E-state index >= 15 is 0 Å². The second-order valence-electron chi connectivity index (χ2n) is 4.39. The minimum Gasteiger partial charge on any atom is -0.396 e. The van der Waals surface area contributed by atoms with Crippen LogP contribution in [0.1, 0.15) is 5.69 Å². The van der Waals surface area contributed by atoms with Crippen molar-refractivity contribution in [3.8, 4) is 0 Å². The zero-order valence-corrected chi connectivity index (χ0v) is 11.6. The molecule has 0 aliphatic rings. The summed E-state index contributed by atoms with van der Waals surface area (Å²) in [4.78, 5) is 12.0. The van der Waals surface area contributed by atoms with Crippen molar-refractivity contribution in [2.24, 2.45) is 5.92 Å². The molecular formula is C13H16ClN5O. The van der Waals surface area contributed by atoms with Gasteiger partial charge >= 0.3 is 0 Å². The largest absolute Gasteiger partial charge is 0.396 e. The molecule has 0 saturated heterocycles. The molecule has 2 aromatic rings. The number of halogens is 1. The van der Waals surface area contributed by atoms with Crippen molar-refractivity contribution in [3.05, 3.63) is 41.3 Å². The molecule has 0 aromatic carbocycles. The Morgan fingerprint density at radius 3 is 2.85 bits per heavy atom. The second kappa shape index (κ2) is 7.02. The van der Waals surface area contributed by atoms with E-state index in [2.05, 4.69) is 20.3 Å². The molecule has 0 aliphatic heterocycles. The third kappa shape index (κ3) is 4.32. The fraction of sp³-hybridized carbons (Fsp3) is 0.308. The molecule has 1 unspecified atom stereocenters. The molecule has 0 radical (unpaired) electrons. The normalized spacial score (nSPS) is 12.1. The number of aromatic nitrogens is 3. The molecule has 7 heteroatoms. The van der Waals surface area contributed by atoms with Crippen LogP contribution < -0.4 is 11.1 Å². The summed E-state index contributed by atoms with van der Waals surface area (Å²) in [5.74, 6) is 0.687. The van der Waals surface area contributed by atoms with Crippen LogP contribution in [-0.4, -0.2) is 33.2 Å². The molecule has 0 bridgehead atoms. The molecule has 4 N–H and O–H groups in total. The first-order chi connectivity index (χ1) is 9.67. The molecule has 2 heterocycles. The summed E-state index contributed by atoms with van der Waals surface area (Å²) in [7, 11) is 0. The molecule has 2 aromatic heterocycles. The monoisotopic (exact) mass is 293 g/mol. The van der Waals surface area contributed by atoms with Gasteiger partial charge in [-0.25, -0.2) is 4.98 Å². The predicted octanol–water partition coefficient (Wildman–Crippen LogP) is 1.37. The van der Waals surface area contributed by atoms with Crippen molar-refractivity contribution in [2.45, 2.75) is 6.42 Å². The lowest BCUT2D eigenvalue weighted by atomic mass is 10.0. The van der Waals surface area contributed by atoms with Gasteiger partial charge < -0.3 is 16.2 Å². The fourth-order valence-electron chi connectivity index (χ4n) is 1.79. The highest BCUT2D eigenvalue weighted by atomic mass is 35.5. The average Bonchev–Trinajstić information content (AvgIpc) is 2.43. The number of aliphatic hydroxyl groups excluding tert-OH is 1. The Morgan fingerprint density at radius 1 is 1.35 bits per heavy atom. The van der Waals surface area contributed by atoms with Crippen molar-refractivity contribution in [1.29, 1.82) is 0 Å². The molecule has 106 valence electrons. The van der Waals surface area contributed by atoms with Gasteiger partial charge in [0.25, 0.3) is 0 Å². The molecule has 1 atom stereocenters. The number of rotatable bonds is 6. The summed E-state index contributed by atoms with van der Waals surface area (Å²) in [5, 5.41) is 12.8. The number of hydrogen-bond acceptors (Lipinski definition) is 6. The Labute approximate surface area is 122 Å². The van der Waals surface area contributed by atoms with Crippen LogP contribution in [0.25, 0.3) is 0 Å². The number of nitrogens with two attached hydrogens (primary N) is 1. The van der Waals surface area contributed by atoms with Gasteiger partial charge in [-0.05, 0) is 18.6 Å². The van der Waals surface area contributed by atoms with Crippen molar-refractivity contribution < 1.29 is 5.11 Å². The van der Waals surface area contributed by atoms with E-state index in [0.717, 1.165) is 5.69 Å². The molecule has 0 saturated carbocycles. The van der Waals surface area contributed by atoms with E-state index in [0.29, 0.717) is 18.8 Å². The Balaban J connectivity index is 1.93. The minimum atomic E-state index is 0.0277. The van der Waals surface area contributed by atoms with Gasteiger partial charge in [0.1, 0.15) is 11.0 Å². The van der Waals surface area contributed by atoms with E-state index in [9.17, 15) is 5.11 Å². The van der Waals surface area contributed by atoms with Crippen LogP contribution >= 0.6 is 11.6 Å². The lowest BCUT2D eigenvalue weighted by Crippen LogP contribution is -2.21. The highest BCUT2D eigenvalue weighted by Gasteiger charge is 2.10. The predicted molar refractivity (Wildman–Crippen MR) is 78.5 cm³/mol. The standard InChI is InChI=1S/C13H16ClN5O/c14-11-6-12(19-13(15)18-11)17-7-9(8-20)5-10-3-1-2-4-16-10/h1-4,6,9,20H,5,7-8H2,(H3,15,17,18,19). The van der Waals surface area contributed by atoms with Gasteiger partial charge in [0, 0.05) is 37.0 Å². The van der Waals surface area contributed by atoms with E-state index in [1.165, 1.54) is 0 Å². The van der Waals surface area contributed by atoms with E-state index in [1.807, 2.05) is 18.2 Å². The third-order valence-electron chi connectivity index (χ3n) is 2.77.